The first kappa shape index (κ1) is 17.8. The van der Waals surface area contributed by atoms with Crippen molar-refractivity contribution in [2.24, 2.45) is 0 Å². The van der Waals surface area contributed by atoms with Crippen LogP contribution in [-0.2, 0) is 0 Å². The third-order valence-corrected chi connectivity index (χ3v) is 3.90. The van der Waals surface area contributed by atoms with E-state index in [2.05, 4.69) is 15.0 Å². The number of halogens is 5. The van der Waals surface area contributed by atoms with Crippen LogP contribution in [0.4, 0.5) is 22.0 Å². The van der Waals surface area contributed by atoms with Crippen LogP contribution < -0.4 is 0 Å². The maximum absolute atomic E-state index is 14.1. The van der Waals surface area contributed by atoms with Crippen LogP contribution >= 0.6 is 0 Å². The Kier molecular flexibility index (Phi) is 4.34. The summed E-state index contributed by atoms with van der Waals surface area (Å²) in [6.45, 7) is 0. The van der Waals surface area contributed by atoms with E-state index < -0.39 is 40.8 Å². The van der Waals surface area contributed by atoms with Gasteiger partial charge >= 0.3 is 0 Å². The van der Waals surface area contributed by atoms with Gasteiger partial charge < -0.3 is 4.42 Å². The molecule has 3 aromatic heterocycles. The predicted octanol–water partition coefficient (Wildman–Crippen LogP) is 5.16. The molecule has 4 rings (SSSR count). The van der Waals surface area contributed by atoms with Gasteiger partial charge in [-0.05, 0) is 36.4 Å². The van der Waals surface area contributed by atoms with Gasteiger partial charge in [0.05, 0.1) is 0 Å². The molecule has 0 saturated heterocycles. The van der Waals surface area contributed by atoms with Crippen LogP contribution in [-0.4, -0.2) is 15.0 Å². The molecule has 0 aliphatic rings. The van der Waals surface area contributed by atoms with Crippen LogP contribution in [0.3, 0.4) is 0 Å². The van der Waals surface area contributed by atoms with E-state index in [4.69, 9.17) is 4.42 Å². The van der Waals surface area contributed by atoms with Gasteiger partial charge in [-0.15, -0.1) is 0 Å². The quantitative estimate of drug-likeness (QED) is 0.359. The Labute approximate surface area is 154 Å². The maximum Gasteiger partial charge on any atom is 0.252 e. The van der Waals surface area contributed by atoms with Gasteiger partial charge in [0, 0.05) is 23.5 Å². The molecule has 28 heavy (non-hydrogen) atoms. The van der Waals surface area contributed by atoms with Crippen molar-refractivity contribution in [2.45, 2.75) is 0 Å². The lowest BCUT2D eigenvalue weighted by molar-refractivity contribution is 0.406. The smallest absolute Gasteiger partial charge is 0.252 e. The molecule has 3 heterocycles. The first-order chi connectivity index (χ1) is 13.5. The van der Waals surface area contributed by atoms with Gasteiger partial charge in [0.2, 0.25) is 5.89 Å². The fourth-order valence-electron chi connectivity index (χ4n) is 2.60. The number of benzene rings is 1. The second-order valence-electron chi connectivity index (χ2n) is 5.64. The molecule has 4 nitrogen and oxygen atoms in total. The lowest BCUT2D eigenvalue weighted by Gasteiger charge is -2.02. The van der Waals surface area contributed by atoms with Crippen molar-refractivity contribution in [3.05, 3.63) is 78.1 Å². The van der Waals surface area contributed by atoms with E-state index in [9.17, 15) is 22.0 Å². The average Bonchev–Trinajstić information content (AvgIpc) is 3.13. The molecule has 0 aliphatic carbocycles. The summed E-state index contributed by atoms with van der Waals surface area (Å²) < 4.78 is 73.9. The van der Waals surface area contributed by atoms with Crippen molar-refractivity contribution >= 4 is 0 Å². The second-order valence-corrected chi connectivity index (χ2v) is 5.64. The molecule has 4 aromatic rings. The molecule has 0 aliphatic heterocycles. The van der Waals surface area contributed by atoms with Crippen molar-refractivity contribution in [1.29, 1.82) is 0 Å². The molecular formula is C19H8F5N3O. The molecular weight excluding hydrogens is 381 g/mol. The van der Waals surface area contributed by atoms with E-state index >= 15 is 0 Å². The lowest BCUT2D eigenvalue weighted by Crippen LogP contribution is -2.03. The van der Waals surface area contributed by atoms with Gasteiger partial charge in [0.15, 0.2) is 17.4 Å². The number of aromatic nitrogens is 3. The standard InChI is InChI=1S/C19H8F5N3O/c20-11-3-1-9(2-4-11)15-16(10-5-7-25-8-6-10)28-19(26-15)12-13(21)17(23)27-18(24)14(12)22/h1-8H. The molecule has 0 saturated carbocycles. The van der Waals surface area contributed by atoms with Gasteiger partial charge in [0.25, 0.3) is 11.9 Å². The number of hydrogen-bond acceptors (Lipinski definition) is 4. The van der Waals surface area contributed by atoms with E-state index in [-0.39, 0.29) is 11.5 Å². The first-order valence-electron chi connectivity index (χ1n) is 7.83. The average molecular weight is 389 g/mol. The minimum Gasteiger partial charge on any atom is -0.435 e. The molecule has 0 bridgehead atoms. The largest absolute Gasteiger partial charge is 0.435 e. The summed E-state index contributed by atoms with van der Waals surface area (Å²) in [6.07, 6.45) is 2.89. The van der Waals surface area contributed by atoms with Gasteiger partial charge in [-0.2, -0.15) is 13.8 Å². The molecule has 0 spiro atoms. The first-order valence-corrected chi connectivity index (χ1v) is 7.83. The van der Waals surface area contributed by atoms with Gasteiger partial charge in [0.1, 0.15) is 17.1 Å². The lowest BCUT2D eigenvalue weighted by atomic mass is 10.1. The minimum absolute atomic E-state index is 0.0560. The number of oxazole rings is 1. The zero-order valence-corrected chi connectivity index (χ0v) is 13.8. The summed E-state index contributed by atoms with van der Waals surface area (Å²) in [5, 5.41) is 0. The molecule has 0 radical (unpaired) electrons. The topological polar surface area (TPSA) is 51.8 Å². The van der Waals surface area contributed by atoms with Crippen LogP contribution in [0, 0.1) is 29.3 Å². The summed E-state index contributed by atoms with van der Waals surface area (Å²) >= 11 is 0. The van der Waals surface area contributed by atoms with Crippen molar-refractivity contribution in [2.75, 3.05) is 0 Å². The summed E-state index contributed by atoms with van der Waals surface area (Å²) in [5.41, 5.74) is -0.241. The highest BCUT2D eigenvalue weighted by Crippen LogP contribution is 2.37. The van der Waals surface area contributed by atoms with Crippen LogP contribution in [0.25, 0.3) is 34.0 Å². The number of nitrogens with zero attached hydrogens (tertiary/aromatic N) is 3. The minimum atomic E-state index is -1.83. The molecule has 0 unspecified atom stereocenters. The van der Waals surface area contributed by atoms with Crippen LogP contribution in [0.15, 0.2) is 53.2 Å². The molecule has 1 aromatic carbocycles. The monoisotopic (exact) mass is 389 g/mol. The molecule has 0 atom stereocenters. The fourth-order valence-corrected chi connectivity index (χ4v) is 2.60. The Morgan fingerprint density at radius 1 is 0.679 bits per heavy atom. The summed E-state index contributed by atoms with van der Waals surface area (Å²) in [4.78, 5) is 10.4. The second kappa shape index (κ2) is 6.84. The van der Waals surface area contributed by atoms with Gasteiger partial charge in [-0.3, -0.25) is 4.98 Å². The van der Waals surface area contributed by atoms with E-state index in [1.54, 1.807) is 0 Å². The summed E-state index contributed by atoms with van der Waals surface area (Å²) in [7, 11) is 0. The highest BCUT2D eigenvalue weighted by molar-refractivity contribution is 5.79. The third kappa shape index (κ3) is 3.00. The highest BCUT2D eigenvalue weighted by Gasteiger charge is 2.28. The van der Waals surface area contributed by atoms with Crippen molar-refractivity contribution in [3.63, 3.8) is 0 Å². The van der Waals surface area contributed by atoms with Crippen molar-refractivity contribution in [3.8, 4) is 34.0 Å². The van der Waals surface area contributed by atoms with Crippen molar-refractivity contribution in [1.82, 2.24) is 15.0 Å². The summed E-state index contributed by atoms with van der Waals surface area (Å²) in [5.74, 6) is -8.30. The Morgan fingerprint density at radius 2 is 1.29 bits per heavy atom. The predicted molar refractivity (Wildman–Crippen MR) is 88.2 cm³/mol. The van der Waals surface area contributed by atoms with Crippen molar-refractivity contribution < 1.29 is 26.4 Å². The third-order valence-electron chi connectivity index (χ3n) is 3.90. The maximum atomic E-state index is 14.1. The van der Waals surface area contributed by atoms with Gasteiger partial charge in [-0.1, -0.05) is 0 Å². The molecule has 140 valence electrons. The van der Waals surface area contributed by atoms with Gasteiger partial charge in [-0.25, -0.2) is 18.2 Å². The number of pyridine rings is 2. The molecule has 0 N–H and O–H groups in total. The van der Waals surface area contributed by atoms with Crippen LogP contribution in [0.1, 0.15) is 0 Å². The molecule has 0 fully saturated rings. The van der Waals surface area contributed by atoms with Crippen LogP contribution in [0.5, 0.6) is 0 Å². The Hall–Kier alpha value is -3.62. The van der Waals surface area contributed by atoms with E-state index in [0.29, 0.717) is 11.1 Å². The summed E-state index contributed by atoms with van der Waals surface area (Å²) in [6, 6.07) is 8.15. The van der Waals surface area contributed by atoms with E-state index in [1.807, 2.05) is 0 Å². The Bertz CT molecular complexity index is 1130. The molecule has 0 amide bonds. The zero-order valence-electron chi connectivity index (χ0n) is 13.8. The SMILES string of the molecule is Fc1ccc(-c2nc(-c3c(F)c(F)nc(F)c3F)oc2-c2ccncc2)cc1. The fraction of sp³-hybridized carbons (Fsp3) is 0. The number of hydrogen-bond donors (Lipinski definition) is 0. The Balaban J connectivity index is 1.98. The highest BCUT2D eigenvalue weighted by atomic mass is 19.2. The Morgan fingerprint density at radius 3 is 1.89 bits per heavy atom. The zero-order chi connectivity index (χ0) is 19.8. The van der Waals surface area contributed by atoms with Crippen LogP contribution in [0.2, 0.25) is 0 Å². The number of rotatable bonds is 3. The normalized spacial score (nSPS) is 11.0. The van der Waals surface area contributed by atoms with E-state index in [1.165, 1.54) is 36.7 Å². The molecule has 9 heteroatoms. The van der Waals surface area contributed by atoms with E-state index in [0.717, 1.165) is 12.1 Å².